The van der Waals surface area contributed by atoms with Crippen LogP contribution in [0.1, 0.15) is 22.8 Å². The summed E-state index contributed by atoms with van der Waals surface area (Å²) in [5.41, 5.74) is 1.53. The molecule has 0 aliphatic rings. The first-order valence-corrected chi connectivity index (χ1v) is 7.76. The van der Waals surface area contributed by atoms with Crippen LogP contribution in [0.5, 0.6) is 5.75 Å². The summed E-state index contributed by atoms with van der Waals surface area (Å²) in [5.74, 6) is 0.0542. The number of nitrogens with one attached hydrogen (secondary N) is 1. The van der Waals surface area contributed by atoms with Gasteiger partial charge in [0.05, 0.1) is 24.3 Å². The molecule has 6 nitrogen and oxygen atoms in total. The Morgan fingerprint density at radius 3 is 2.64 bits per heavy atom. The summed E-state index contributed by atoms with van der Waals surface area (Å²) in [6, 6.07) is 15.8. The number of benzene rings is 2. The Kier molecular flexibility index (Phi) is 6.13. The highest BCUT2D eigenvalue weighted by Crippen LogP contribution is 2.17. The fourth-order valence-corrected chi connectivity index (χ4v) is 2.42. The van der Waals surface area contributed by atoms with E-state index < -0.39 is 0 Å². The van der Waals surface area contributed by atoms with Gasteiger partial charge in [0.2, 0.25) is 5.91 Å². The maximum absolute atomic E-state index is 12.3. The summed E-state index contributed by atoms with van der Waals surface area (Å²) in [6.45, 7) is 2.01. The van der Waals surface area contributed by atoms with Crippen molar-refractivity contribution in [2.75, 3.05) is 25.1 Å². The molecular formula is C19H19N3O3. The van der Waals surface area contributed by atoms with E-state index in [9.17, 15) is 9.59 Å². The van der Waals surface area contributed by atoms with E-state index in [0.717, 1.165) is 0 Å². The van der Waals surface area contributed by atoms with Crippen molar-refractivity contribution in [3.8, 4) is 11.8 Å². The number of hydrogen-bond acceptors (Lipinski definition) is 4. The Labute approximate surface area is 146 Å². The Morgan fingerprint density at radius 1 is 1.20 bits per heavy atom. The lowest BCUT2D eigenvalue weighted by Crippen LogP contribution is -2.37. The van der Waals surface area contributed by atoms with E-state index >= 15 is 0 Å². The molecule has 0 atom stereocenters. The van der Waals surface area contributed by atoms with Crippen molar-refractivity contribution in [1.29, 1.82) is 5.26 Å². The van der Waals surface area contributed by atoms with Gasteiger partial charge in [-0.2, -0.15) is 5.26 Å². The van der Waals surface area contributed by atoms with Crippen molar-refractivity contribution in [2.24, 2.45) is 0 Å². The van der Waals surface area contributed by atoms with Crippen LogP contribution in [0.3, 0.4) is 0 Å². The molecule has 0 fully saturated rings. The Balaban J connectivity index is 2.03. The molecule has 0 saturated heterocycles. The molecule has 0 spiro atoms. The molecule has 0 unspecified atom stereocenters. The third-order valence-corrected chi connectivity index (χ3v) is 3.64. The van der Waals surface area contributed by atoms with Gasteiger partial charge in [-0.1, -0.05) is 18.2 Å². The fraction of sp³-hybridized carbons (Fsp3) is 0.211. The number of methoxy groups -OCH3 is 1. The normalized spacial score (nSPS) is 9.80. The Morgan fingerprint density at radius 2 is 1.96 bits per heavy atom. The maximum Gasteiger partial charge on any atom is 0.255 e. The topological polar surface area (TPSA) is 82.4 Å². The van der Waals surface area contributed by atoms with Crippen molar-refractivity contribution in [3.63, 3.8) is 0 Å². The molecule has 6 heteroatoms. The minimum atomic E-state index is -0.272. The smallest absolute Gasteiger partial charge is 0.255 e. The van der Waals surface area contributed by atoms with E-state index in [2.05, 4.69) is 5.32 Å². The number of hydrogen-bond donors (Lipinski definition) is 1. The maximum atomic E-state index is 12.3. The third-order valence-electron chi connectivity index (χ3n) is 3.64. The predicted octanol–water partition coefficient (Wildman–Crippen LogP) is 2.35. The molecule has 0 heterocycles. The first-order valence-electron chi connectivity index (χ1n) is 7.76. The summed E-state index contributed by atoms with van der Waals surface area (Å²) in [5, 5.41) is 11.8. The number of carbonyl (C=O) groups is 2. The van der Waals surface area contributed by atoms with Crippen molar-refractivity contribution >= 4 is 17.5 Å². The molecule has 25 heavy (non-hydrogen) atoms. The molecule has 0 saturated carbocycles. The lowest BCUT2D eigenvalue weighted by atomic mass is 10.2. The average Bonchev–Trinajstić information content (AvgIpc) is 2.64. The van der Waals surface area contributed by atoms with Crippen LogP contribution in [0.15, 0.2) is 48.5 Å². The molecule has 2 aromatic rings. The first-order chi connectivity index (χ1) is 12.1. The summed E-state index contributed by atoms with van der Waals surface area (Å²) in [7, 11) is 1.51. The van der Waals surface area contributed by atoms with Gasteiger partial charge in [0, 0.05) is 25.7 Å². The SMILES string of the molecule is COc1ccccc1C(=O)NCCN(C(C)=O)c1cccc(C#N)c1. The van der Waals surface area contributed by atoms with Crippen LogP contribution in [0.4, 0.5) is 5.69 Å². The van der Waals surface area contributed by atoms with Crippen LogP contribution >= 0.6 is 0 Å². The van der Waals surface area contributed by atoms with Crippen molar-refractivity contribution in [2.45, 2.75) is 6.92 Å². The van der Waals surface area contributed by atoms with E-state index in [1.54, 1.807) is 48.5 Å². The molecular weight excluding hydrogens is 318 g/mol. The number of nitrogens with zero attached hydrogens (tertiary/aromatic N) is 2. The summed E-state index contributed by atoms with van der Waals surface area (Å²) >= 11 is 0. The Hall–Kier alpha value is -3.33. The molecule has 0 aromatic heterocycles. The average molecular weight is 337 g/mol. The second kappa shape index (κ2) is 8.50. The molecule has 1 N–H and O–H groups in total. The lowest BCUT2D eigenvalue weighted by molar-refractivity contribution is -0.116. The number of anilines is 1. The van der Waals surface area contributed by atoms with Crippen LogP contribution in [0.25, 0.3) is 0 Å². The lowest BCUT2D eigenvalue weighted by Gasteiger charge is -2.21. The molecule has 2 amide bonds. The highest BCUT2D eigenvalue weighted by molar-refractivity contribution is 5.97. The molecule has 0 aliphatic heterocycles. The van der Waals surface area contributed by atoms with Crippen LogP contribution in [0, 0.1) is 11.3 Å². The zero-order valence-electron chi connectivity index (χ0n) is 14.2. The summed E-state index contributed by atoms with van der Waals surface area (Å²) < 4.78 is 5.17. The van der Waals surface area contributed by atoms with E-state index in [1.807, 2.05) is 6.07 Å². The first kappa shape index (κ1) is 18.0. The van der Waals surface area contributed by atoms with Gasteiger partial charge in [-0.25, -0.2) is 0 Å². The van der Waals surface area contributed by atoms with Crippen LogP contribution in [0.2, 0.25) is 0 Å². The van der Waals surface area contributed by atoms with Gasteiger partial charge in [0.15, 0.2) is 0 Å². The largest absolute Gasteiger partial charge is 0.496 e. The van der Waals surface area contributed by atoms with Crippen molar-refractivity contribution < 1.29 is 14.3 Å². The quantitative estimate of drug-likeness (QED) is 0.877. The molecule has 128 valence electrons. The monoisotopic (exact) mass is 337 g/mol. The summed E-state index contributed by atoms with van der Waals surface area (Å²) in [6.07, 6.45) is 0. The van der Waals surface area contributed by atoms with Crippen LogP contribution in [-0.2, 0) is 4.79 Å². The number of para-hydroxylation sites is 1. The fourth-order valence-electron chi connectivity index (χ4n) is 2.42. The van der Waals surface area contributed by atoms with Gasteiger partial charge in [-0.15, -0.1) is 0 Å². The van der Waals surface area contributed by atoms with E-state index in [4.69, 9.17) is 10.00 Å². The zero-order valence-corrected chi connectivity index (χ0v) is 14.2. The van der Waals surface area contributed by atoms with Gasteiger partial charge >= 0.3 is 0 Å². The molecule has 2 aromatic carbocycles. The summed E-state index contributed by atoms with van der Waals surface area (Å²) in [4.78, 5) is 25.7. The number of ether oxygens (including phenoxy) is 1. The zero-order chi connectivity index (χ0) is 18.2. The van der Waals surface area contributed by atoms with E-state index in [-0.39, 0.29) is 18.4 Å². The molecule has 0 radical (unpaired) electrons. The number of nitriles is 1. The van der Waals surface area contributed by atoms with Crippen LogP contribution < -0.4 is 15.0 Å². The van der Waals surface area contributed by atoms with E-state index in [0.29, 0.717) is 29.1 Å². The van der Waals surface area contributed by atoms with Gasteiger partial charge in [0.1, 0.15) is 5.75 Å². The predicted molar refractivity (Wildman–Crippen MR) is 94.5 cm³/mol. The van der Waals surface area contributed by atoms with Crippen LogP contribution in [-0.4, -0.2) is 32.0 Å². The number of rotatable bonds is 6. The minimum Gasteiger partial charge on any atom is -0.496 e. The van der Waals surface area contributed by atoms with Gasteiger partial charge in [0.25, 0.3) is 5.91 Å². The van der Waals surface area contributed by atoms with Gasteiger partial charge in [-0.05, 0) is 30.3 Å². The molecule has 2 rings (SSSR count). The standard InChI is InChI=1S/C19H19N3O3/c1-14(23)22(16-7-5-6-15(12-16)13-20)11-10-21-19(24)17-8-3-4-9-18(17)25-2/h3-9,12H,10-11H2,1-2H3,(H,21,24). The number of amides is 2. The van der Waals surface area contributed by atoms with E-state index in [1.165, 1.54) is 18.9 Å². The highest BCUT2D eigenvalue weighted by Gasteiger charge is 2.14. The minimum absolute atomic E-state index is 0.165. The van der Waals surface area contributed by atoms with Crippen molar-refractivity contribution in [1.82, 2.24) is 5.32 Å². The third kappa shape index (κ3) is 4.58. The second-order valence-corrected chi connectivity index (χ2v) is 5.29. The van der Waals surface area contributed by atoms with Gasteiger partial charge < -0.3 is 15.0 Å². The van der Waals surface area contributed by atoms with Crippen molar-refractivity contribution in [3.05, 3.63) is 59.7 Å². The highest BCUT2D eigenvalue weighted by atomic mass is 16.5. The molecule has 0 aliphatic carbocycles. The number of carbonyl (C=O) groups excluding carboxylic acids is 2. The molecule has 0 bridgehead atoms. The Bertz CT molecular complexity index is 812. The van der Waals surface area contributed by atoms with Gasteiger partial charge in [-0.3, -0.25) is 9.59 Å². The second-order valence-electron chi connectivity index (χ2n) is 5.29.